The number of benzene rings is 2. The van der Waals surface area contributed by atoms with E-state index < -0.39 is 5.91 Å². The lowest BCUT2D eigenvalue weighted by Crippen LogP contribution is -2.11. The molecule has 4 heteroatoms. The molecule has 1 heterocycles. The molecule has 0 unspecified atom stereocenters. The van der Waals surface area contributed by atoms with Gasteiger partial charge in [0, 0.05) is 23.4 Å². The van der Waals surface area contributed by atoms with E-state index in [0.717, 1.165) is 21.9 Å². The second-order valence-corrected chi connectivity index (χ2v) is 4.66. The number of nitrogens with zero attached hydrogens (tertiary/aromatic N) is 1. The maximum atomic E-state index is 11.5. The van der Waals surface area contributed by atoms with Gasteiger partial charge in [-0.15, -0.1) is 0 Å². The van der Waals surface area contributed by atoms with Crippen molar-refractivity contribution in [3.63, 3.8) is 0 Å². The van der Waals surface area contributed by atoms with E-state index in [0.29, 0.717) is 11.4 Å². The fourth-order valence-corrected chi connectivity index (χ4v) is 2.44. The number of aromatic nitrogens is 1. The first-order chi connectivity index (χ1) is 10.2. The molecule has 0 atom stereocenters. The highest BCUT2D eigenvalue weighted by atomic mass is 16.5. The molecule has 2 aromatic carbocycles. The molecular weight excluding hydrogens is 264 g/mol. The van der Waals surface area contributed by atoms with Gasteiger partial charge in [-0.3, -0.25) is 4.79 Å². The lowest BCUT2D eigenvalue weighted by Gasteiger charge is -2.09. The summed E-state index contributed by atoms with van der Waals surface area (Å²) in [6.07, 6.45) is 1.75. The SMILES string of the molecule is COc1ccc(-c2cccc3c(C(N)=O)cccc23)cn1. The van der Waals surface area contributed by atoms with Gasteiger partial charge in [-0.25, -0.2) is 4.98 Å². The molecule has 0 fully saturated rings. The van der Waals surface area contributed by atoms with Crippen LogP contribution in [-0.4, -0.2) is 18.0 Å². The minimum Gasteiger partial charge on any atom is -0.481 e. The van der Waals surface area contributed by atoms with Crippen LogP contribution in [0.2, 0.25) is 0 Å². The molecule has 1 aromatic heterocycles. The molecule has 0 saturated carbocycles. The fraction of sp³-hybridized carbons (Fsp3) is 0.0588. The van der Waals surface area contributed by atoms with Gasteiger partial charge in [0.2, 0.25) is 11.8 Å². The van der Waals surface area contributed by atoms with Crippen LogP contribution >= 0.6 is 0 Å². The zero-order valence-electron chi connectivity index (χ0n) is 11.5. The molecule has 3 aromatic rings. The Morgan fingerprint density at radius 2 is 1.81 bits per heavy atom. The molecular formula is C17H14N2O2. The van der Waals surface area contributed by atoms with E-state index in [1.807, 2.05) is 42.5 Å². The van der Waals surface area contributed by atoms with E-state index in [4.69, 9.17) is 10.5 Å². The lowest BCUT2D eigenvalue weighted by molar-refractivity contribution is 0.100. The van der Waals surface area contributed by atoms with Crippen LogP contribution in [0.3, 0.4) is 0 Å². The van der Waals surface area contributed by atoms with Crippen molar-refractivity contribution in [1.82, 2.24) is 4.98 Å². The normalized spacial score (nSPS) is 10.5. The van der Waals surface area contributed by atoms with Crippen molar-refractivity contribution in [1.29, 1.82) is 0 Å². The van der Waals surface area contributed by atoms with E-state index >= 15 is 0 Å². The Morgan fingerprint density at radius 1 is 1.05 bits per heavy atom. The lowest BCUT2D eigenvalue weighted by atomic mass is 9.96. The number of primary amides is 1. The summed E-state index contributed by atoms with van der Waals surface area (Å²) < 4.78 is 5.07. The summed E-state index contributed by atoms with van der Waals surface area (Å²) in [6.45, 7) is 0. The van der Waals surface area contributed by atoms with E-state index in [-0.39, 0.29) is 0 Å². The van der Waals surface area contributed by atoms with Crippen molar-refractivity contribution in [3.05, 3.63) is 60.3 Å². The van der Waals surface area contributed by atoms with Gasteiger partial charge in [0.1, 0.15) is 0 Å². The molecule has 0 aliphatic carbocycles. The summed E-state index contributed by atoms with van der Waals surface area (Å²) in [5, 5.41) is 1.82. The standard InChI is InChI=1S/C17H14N2O2/c1-21-16-9-8-11(10-19-16)12-4-2-6-14-13(12)5-3-7-15(14)17(18)20/h2-10H,1H3,(H2,18,20). The van der Waals surface area contributed by atoms with Gasteiger partial charge in [-0.2, -0.15) is 0 Å². The fourth-order valence-electron chi connectivity index (χ4n) is 2.44. The smallest absolute Gasteiger partial charge is 0.249 e. The van der Waals surface area contributed by atoms with Crippen LogP contribution in [-0.2, 0) is 0 Å². The number of carbonyl (C=O) groups excluding carboxylic acids is 1. The van der Waals surface area contributed by atoms with Gasteiger partial charge in [0.15, 0.2) is 0 Å². The molecule has 4 nitrogen and oxygen atoms in total. The second-order valence-electron chi connectivity index (χ2n) is 4.66. The molecule has 0 spiro atoms. The van der Waals surface area contributed by atoms with Crippen LogP contribution in [0.5, 0.6) is 5.88 Å². The van der Waals surface area contributed by atoms with Crippen LogP contribution in [0, 0.1) is 0 Å². The summed E-state index contributed by atoms with van der Waals surface area (Å²) in [5.41, 5.74) is 7.93. The van der Waals surface area contributed by atoms with Gasteiger partial charge >= 0.3 is 0 Å². The third kappa shape index (κ3) is 2.31. The van der Waals surface area contributed by atoms with Crippen LogP contribution in [0.1, 0.15) is 10.4 Å². The van der Waals surface area contributed by atoms with Crippen LogP contribution < -0.4 is 10.5 Å². The van der Waals surface area contributed by atoms with Crippen LogP contribution in [0.4, 0.5) is 0 Å². The number of nitrogens with two attached hydrogens (primary N) is 1. The molecule has 0 aliphatic heterocycles. The molecule has 0 bridgehead atoms. The molecule has 0 aliphatic rings. The third-order valence-electron chi connectivity index (χ3n) is 3.44. The first-order valence-corrected chi connectivity index (χ1v) is 6.52. The predicted octanol–water partition coefficient (Wildman–Crippen LogP) is 3.01. The summed E-state index contributed by atoms with van der Waals surface area (Å²) in [6, 6.07) is 15.1. The third-order valence-corrected chi connectivity index (χ3v) is 3.44. The number of amides is 1. The summed E-state index contributed by atoms with van der Waals surface area (Å²) in [7, 11) is 1.58. The quantitative estimate of drug-likeness (QED) is 0.801. The van der Waals surface area contributed by atoms with Crippen molar-refractivity contribution < 1.29 is 9.53 Å². The number of methoxy groups -OCH3 is 1. The molecule has 3 rings (SSSR count). The molecule has 0 radical (unpaired) electrons. The average molecular weight is 278 g/mol. The van der Waals surface area contributed by atoms with Gasteiger partial charge in [0.25, 0.3) is 0 Å². The Balaban J connectivity index is 2.23. The minimum atomic E-state index is -0.425. The van der Waals surface area contributed by atoms with Gasteiger partial charge in [-0.05, 0) is 28.5 Å². The molecule has 2 N–H and O–H groups in total. The summed E-state index contributed by atoms with van der Waals surface area (Å²) in [4.78, 5) is 15.8. The Hall–Kier alpha value is -2.88. The number of rotatable bonds is 3. The van der Waals surface area contributed by atoms with Crippen molar-refractivity contribution in [2.45, 2.75) is 0 Å². The highest BCUT2D eigenvalue weighted by Gasteiger charge is 2.10. The average Bonchev–Trinajstić information content (AvgIpc) is 2.53. The zero-order chi connectivity index (χ0) is 14.8. The topological polar surface area (TPSA) is 65.2 Å². The van der Waals surface area contributed by atoms with E-state index in [1.54, 1.807) is 19.4 Å². The highest BCUT2D eigenvalue weighted by molar-refractivity contribution is 6.09. The van der Waals surface area contributed by atoms with Gasteiger partial charge < -0.3 is 10.5 Å². The highest BCUT2D eigenvalue weighted by Crippen LogP contribution is 2.30. The van der Waals surface area contributed by atoms with E-state index in [9.17, 15) is 4.79 Å². The zero-order valence-corrected chi connectivity index (χ0v) is 11.5. The molecule has 0 saturated heterocycles. The van der Waals surface area contributed by atoms with Crippen molar-refractivity contribution >= 4 is 16.7 Å². The van der Waals surface area contributed by atoms with Crippen molar-refractivity contribution in [2.24, 2.45) is 5.73 Å². The summed E-state index contributed by atoms with van der Waals surface area (Å²) in [5.74, 6) is 0.141. The Labute approximate surface area is 122 Å². The maximum absolute atomic E-state index is 11.5. The van der Waals surface area contributed by atoms with Crippen LogP contribution in [0.15, 0.2) is 54.7 Å². The maximum Gasteiger partial charge on any atom is 0.249 e. The minimum absolute atomic E-state index is 0.425. The number of ether oxygens (including phenoxy) is 1. The summed E-state index contributed by atoms with van der Waals surface area (Å²) >= 11 is 0. The number of pyridine rings is 1. The number of hydrogen-bond acceptors (Lipinski definition) is 3. The van der Waals surface area contributed by atoms with Crippen LogP contribution in [0.25, 0.3) is 21.9 Å². The monoisotopic (exact) mass is 278 g/mol. The molecule has 104 valence electrons. The molecule has 1 amide bonds. The Morgan fingerprint density at radius 3 is 2.48 bits per heavy atom. The van der Waals surface area contributed by atoms with Gasteiger partial charge in [0.05, 0.1) is 7.11 Å². The van der Waals surface area contributed by atoms with Crippen molar-refractivity contribution in [3.8, 4) is 17.0 Å². The van der Waals surface area contributed by atoms with Gasteiger partial charge in [-0.1, -0.05) is 30.3 Å². The van der Waals surface area contributed by atoms with E-state index in [2.05, 4.69) is 4.98 Å². The Kier molecular flexibility index (Phi) is 3.28. The number of fused-ring (bicyclic) bond motifs is 1. The van der Waals surface area contributed by atoms with E-state index in [1.165, 1.54) is 0 Å². The van der Waals surface area contributed by atoms with Crippen molar-refractivity contribution in [2.75, 3.05) is 7.11 Å². The number of hydrogen-bond donors (Lipinski definition) is 1. The number of carbonyl (C=O) groups is 1. The second kappa shape index (κ2) is 5.25. The first-order valence-electron chi connectivity index (χ1n) is 6.52. The molecule has 21 heavy (non-hydrogen) atoms. The Bertz CT molecular complexity index is 811. The largest absolute Gasteiger partial charge is 0.481 e. The predicted molar refractivity (Wildman–Crippen MR) is 82.2 cm³/mol. The first kappa shape index (κ1) is 13.1.